The summed E-state index contributed by atoms with van der Waals surface area (Å²) in [6.45, 7) is 9.99. The first-order valence-electron chi connectivity index (χ1n) is 8.67. The fraction of sp³-hybridized carbons (Fsp3) is 0.684. The van der Waals surface area contributed by atoms with Gasteiger partial charge in [-0.2, -0.15) is 0 Å². The minimum atomic E-state index is 0.399. The molecule has 0 aromatic heterocycles. The van der Waals surface area contributed by atoms with E-state index in [4.69, 9.17) is 5.73 Å². The molecule has 0 bridgehead atoms. The topological polar surface area (TPSA) is 29.3 Å². The number of hydrogen-bond acceptors (Lipinski definition) is 2. The Kier molecular flexibility index (Phi) is 6.25. The highest BCUT2D eigenvalue weighted by molar-refractivity contribution is 5.26. The van der Waals surface area contributed by atoms with Crippen molar-refractivity contribution in [3.05, 3.63) is 35.4 Å². The van der Waals surface area contributed by atoms with Gasteiger partial charge in [0, 0.05) is 12.6 Å². The molecule has 21 heavy (non-hydrogen) atoms. The molecule has 0 aliphatic carbocycles. The molecule has 1 fully saturated rings. The largest absolute Gasteiger partial charge is 0.329 e. The predicted molar refractivity (Wildman–Crippen MR) is 91.4 cm³/mol. The van der Waals surface area contributed by atoms with Crippen LogP contribution in [-0.2, 0) is 6.42 Å². The summed E-state index contributed by atoms with van der Waals surface area (Å²) in [5.74, 6) is 1.64. The Bertz CT molecular complexity index is 402. The zero-order chi connectivity index (χ0) is 15.2. The van der Waals surface area contributed by atoms with Gasteiger partial charge >= 0.3 is 0 Å². The third kappa shape index (κ3) is 4.55. The van der Waals surface area contributed by atoms with Crippen LogP contribution in [0.25, 0.3) is 0 Å². The van der Waals surface area contributed by atoms with E-state index in [0.717, 1.165) is 18.9 Å². The lowest BCUT2D eigenvalue weighted by Crippen LogP contribution is -2.39. The lowest BCUT2D eigenvalue weighted by molar-refractivity contribution is 0.134. The first kappa shape index (κ1) is 16.5. The highest BCUT2D eigenvalue weighted by atomic mass is 15.2. The molecule has 1 aromatic carbocycles. The maximum Gasteiger partial charge on any atom is 0.0470 e. The predicted octanol–water partition coefficient (Wildman–Crippen LogP) is 4.01. The Morgan fingerprint density at radius 3 is 2.24 bits per heavy atom. The highest BCUT2D eigenvalue weighted by Crippen LogP contribution is 2.28. The summed E-state index contributed by atoms with van der Waals surface area (Å²) < 4.78 is 0. The number of piperidine rings is 1. The average molecular weight is 288 g/mol. The molecule has 1 saturated heterocycles. The normalized spacial score (nSPS) is 19.1. The Hall–Kier alpha value is -0.860. The molecule has 1 heterocycles. The summed E-state index contributed by atoms with van der Waals surface area (Å²) in [7, 11) is 0. The molecule has 2 N–H and O–H groups in total. The summed E-state index contributed by atoms with van der Waals surface area (Å²) in [5, 5.41) is 0. The van der Waals surface area contributed by atoms with Crippen LogP contribution in [0.3, 0.4) is 0 Å². The van der Waals surface area contributed by atoms with Gasteiger partial charge in [0.25, 0.3) is 0 Å². The zero-order valence-electron chi connectivity index (χ0n) is 14.0. The van der Waals surface area contributed by atoms with Gasteiger partial charge in [-0.1, -0.05) is 51.5 Å². The fourth-order valence-electron chi connectivity index (χ4n) is 3.52. The van der Waals surface area contributed by atoms with E-state index >= 15 is 0 Å². The van der Waals surface area contributed by atoms with Crippen molar-refractivity contribution in [1.82, 2.24) is 4.90 Å². The van der Waals surface area contributed by atoms with Crippen molar-refractivity contribution in [3.8, 4) is 0 Å². The van der Waals surface area contributed by atoms with Crippen molar-refractivity contribution < 1.29 is 0 Å². The van der Waals surface area contributed by atoms with E-state index in [1.54, 1.807) is 0 Å². The molecule has 0 amide bonds. The number of benzene rings is 1. The van der Waals surface area contributed by atoms with Gasteiger partial charge in [-0.25, -0.2) is 0 Å². The Morgan fingerprint density at radius 1 is 1.14 bits per heavy atom. The van der Waals surface area contributed by atoms with Crippen molar-refractivity contribution >= 4 is 0 Å². The number of likely N-dealkylation sites (tertiary alicyclic amines) is 1. The second kappa shape index (κ2) is 7.95. The molecule has 118 valence electrons. The highest BCUT2D eigenvalue weighted by Gasteiger charge is 2.24. The Morgan fingerprint density at radius 2 is 1.76 bits per heavy atom. The lowest BCUT2D eigenvalue weighted by atomic mass is 9.92. The van der Waals surface area contributed by atoms with E-state index in [9.17, 15) is 0 Å². The molecule has 2 rings (SSSR count). The number of nitrogens with zero attached hydrogens (tertiary/aromatic N) is 1. The smallest absolute Gasteiger partial charge is 0.0470 e. The Labute approximate surface area is 130 Å². The number of hydrogen-bond donors (Lipinski definition) is 1. The average Bonchev–Trinajstić information content (AvgIpc) is 2.50. The van der Waals surface area contributed by atoms with E-state index in [1.165, 1.54) is 43.5 Å². The van der Waals surface area contributed by atoms with Crippen molar-refractivity contribution in [2.45, 2.75) is 52.5 Å². The lowest BCUT2D eigenvalue weighted by Gasteiger charge is -2.37. The van der Waals surface area contributed by atoms with Gasteiger partial charge in [-0.3, -0.25) is 4.90 Å². The minimum Gasteiger partial charge on any atom is -0.329 e. The molecule has 1 unspecified atom stereocenters. The third-order valence-electron chi connectivity index (χ3n) is 4.90. The SMILES string of the molecule is CCC1CCN(C(CN)c2ccc(CC(C)C)cc2)CC1. The second-order valence-electron chi connectivity index (χ2n) is 6.98. The minimum absolute atomic E-state index is 0.399. The summed E-state index contributed by atoms with van der Waals surface area (Å²) in [5.41, 5.74) is 8.91. The summed E-state index contributed by atoms with van der Waals surface area (Å²) in [6.07, 6.45) is 5.15. The maximum absolute atomic E-state index is 6.08. The molecule has 1 atom stereocenters. The summed E-state index contributed by atoms with van der Waals surface area (Å²) >= 11 is 0. The van der Waals surface area contributed by atoms with Crippen molar-refractivity contribution in [1.29, 1.82) is 0 Å². The molecule has 0 radical (unpaired) electrons. The maximum atomic E-state index is 6.08. The molecule has 2 nitrogen and oxygen atoms in total. The molecule has 1 aliphatic heterocycles. The van der Waals surface area contributed by atoms with Crippen LogP contribution in [0, 0.1) is 11.8 Å². The van der Waals surface area contributed by atoms with E-state index in [-0.39, 0.29) is 0 Å². The Balaban J connectivity index is 2.00. The van der Waals surface area contributed by atoms with Gasteiger partial charge < -0.3 is 5.73 Å². The van der Waals surface area contributed by atoms with Crippen molar-refractivity contribution in [3.63, 3.8) is 0 Å². The van der Waals surface area contributed by atoms with E-state index in [1.807, 2.05) is 0 Å². The molecule has 1 aliphatic rings. The number of nitrogens with two attached hydrogens (primary N) is 1. The molecule has 0 spiro atoms. The molecular weight excluding hydrogens is 256 g/mol. The summed E-state index contributed by atoms with van der Waals surface area (Å²) in [4.78, 5) is 2.59. The monoisotopic (exact) mass is 288 g/mol. The fourth-order valence-corrected chi connectivity index (χ4v) is 3.52. The molecule has 2 heteroatoms. The van der Waals surface area contributed by atoms with Crippen LogP contribution < -0.4 is 5.73 Å². The van der Waals surface area contributed by atoms with Crippen LogP contribution in [0.4, 0.5) is 0 Å². The number of rotatable bonds is 6. The molecular formula is C19H32N2. The van der Waals surface area contributed by atoms with Crippen LogP contribution in [0.15, 0.2) is 24.3 Å². The van der Waals surface area contributed by atoms with Crippen LogP contribution >= 0.6 is 0 Å². The standard InChI is InChI=1S/C19H32N2/c1-4-16-9-11-21(12-10-16)19(14-20)18-7-5-17(6-8-18)13-15(2)3/h5-8,15-16,19H,4,9-14,20H2,1-3H3. The molecule has 0 saturated carbocycles. The van der Waals surface area contributed by atoms with Gasteiger partial charge in [-0.15, -0.1) is 0 Å². The van der Waals surface area contributed by atoms with Crippen molar-refractivity contribution in [2.24, 2.45) is 17.6 Å². The molecule has 1 aromatic rings. The van der Waals surface area contributed by atoms with Gasteiger partial charge in [0.2, 0.25) is 0 Å². The first-order valence-corrected chi connectivity index (χ1v) is 8.67. The van der Waals surface area contributed by atoms with Crippen LogP contribution in [0.1, 0.15) is 57.2 Å². The summed E-state index contributed by atoms with van der Waals surface area (Å²) in [6, 6.07) is 9.56. The first-order chi connectivity index (χ1) is 10.1. The van der Waals surface area contributed by atoms with E-state index < -0.39 is 0 Å². The van der Waals surface area contributed by atoms with Gasteiger partial charge in [0.05, 0.1) is 0 Å². The van der Waals surface area contributed by atoms with Crippen molar-refractivity contribution in [2.75, 3.05) is 19.6 Å². The third-order valence-corrected chi connectivity index (χ3v) is 4.90. The van der Waals surface area contributed by atoms with Gasteiger partial charge in [0.15, 0.2) is 0 Å². The van der Waals surface area contributed by atoms with Gasteiger partial charge in [-0.05, 0) is 55.3 Å². The van der Waals surface area contributed by atoms with Crippen LogP contribution in [-0.4, -0.2) is 24.5 Å². The van der Waals surface area contributed by atoms with Crippen LogP contribution in [0.5, 0.6) is 0 Å². The van der Waals surface area contributed by atoms with E-state index in [2.05, 4.69) is 49.9 Å². The van der Waals surface area contributed by atoms with Crippen LogP contribution in [0.2, 0.25) is 0 Å². The second-order valence-corrected chi connectivity index (χ2v) is 6.98. The quantitative estimate of drug-likeness (QED) is 0.857. The zero-order valence-corrected chi connectivity index (χ0v) is 14.0. The van der Waals surface area contributed by atoms with Gasteiger partial charge in [0.1, 0.15) is 0 Å². The van der Waals surface area contributed by atoms with E-state index in [0.29, 0.717) is 12.0 Å².